The minimum Gasteiger partial charge on any atom is -0.366 e. The van der Waals surface area contributed by atoms with Crippen LogP contribution in [0.1, 0.15) is 53.1 Å². The molecule has 2 heterocycles. The maximum atomic E-state index is 4.92. The van der Waals surface area contributed by atoms with Crippen LogP contribution in [0.15, 0.2) is 6.20 Å². The third kappa shape index (κ3) is 3.29. The summed E-state index contributed by atoms with van der Waals surface area (Å²) in [5, 5.41) is 3.40. The van der Waals surface area contributed by atoms with Crippen LogP contribution >= 0.6 is 0 Å². The summed E-state index contributed by atoms with van der Waals surface area (Å²) in [5.74, 6) is 0.932. The number of anilines is 1. The van der Waals surface area contributed by atoms with Gasteiger partial charge in [0.15, 0.2) is 0 Å². The highest BCUT2D eigenvalue weighted by atomic mass is 15.2. The molecule has 1 fully saturated rings. The van der Waals surface area contributed by atoms with E-state index < -0.39 is 0 Å². The molecular weight excluding hydrogens is 248 g/mol. The lowest BCUT2D eigenvalue weighted by atomic mass is 9.89. The van der Waals surface area contributed by atoms with E-state index in [1.165, 1.54) is 11.4 Å². The van der Waals surface area contributed by atoms with Crippen LogP contribution in [0.5, 0.6) is 0 Å². The van der Waals surface area contributed by atoms with Gasteiger partial charge in [-0.2, -0.15) is 0 Å². The molecule has 0 radical (unpaired) electrons. The van der Waals surface area contributed by atoms with Crippen molar-refractivity contribution < 1.29 is 0 Å². The van der Waals surface area contributed by atoms with E-state index in [0.29, 0.717) is 0 Å². The van der Waals surface area contributed by atoms with Crippen LogP contribution in [0.4, 0.5) is 5.69 Å². The summed E-state index contributed by atoms with van der Waals surface area (Å²) in [5.41, 5.74) is 2.39. The highest BCUT2D eigenvalue weighted by molar-refractivity contribution is 5.52. The molecule has 0 amide bonds. The Morgan fingerprint density at radius 3 is 2.10 bits per heavy atom. The van der Waals surface area contributed by atoms with Crippen molar-refractivity contribution in [2.45, 2.75) is 52.4 Å². The second-order valence-corrected chi connectivity index (χ2v) is 7.66. The first kappa shape index (κ1) is 15.2. The van der Waals surface area contributed by atoms with Gasteiger partial charge in [-0.25, -0.2) is 9.97 Å². The molecule has 0 aliphatic carbocycles. The summed E-state index contributed by atoms with van der Waals surface area (Å²) in [6.45, 7) is 17.3. The molecule has 1 aliphatic rings. The van der Waals surface area contributed by atoms with Gasteiger partial charge in [0.05, 0.1) is 17.6 Å². The minimum atomic E-state index is -0.0119. The number of hydrogen-bond donors (Lipinski definition) is 1. The average Bonchev–Trinajstić information content (AvgIpc) is 2.37. The van der Waals surface area contributed by atoms with Gasteiger partial charge in [-0.1, -0.05) is 41.5 Å². The molecule has 20 heavy (non-hydrogen) atoms. The van der Waals surface area contributed by atoms with Crippen LogP contribution in [-0.2, 0) is 10.8 Å². The molecule has 1 N–H and O–H groups in total. The zero-order valence-corrected chi connectivity index (χ0v) is 13.7. The lowest BCUT2D eigenvalue weighted by Crippen LogP contribution is -2.44. The number of nitrogens with one attached hydrogen (secondary N) is 1. The Kier molecular flexibility index (Phi) is 4.05. The molecule has 1 aliphatic heterocycles. The van der Waals surface area contributed by atoms with Crippen LogP contribution in [0, 0.1) is 0 Å². The van der Waals surface area contributed by atoms with Crippen molar-refractivity contribution in [3.63, 3.8) is 0 Å². The zero-order chi connectivity index (χ0) is 15.0. The summed E-state index contributed by atoms with van der Waals surface area (Å²) in [6.07, 6.45) is 2.03. The third-order valence-electron chi connectivity index (χ3n) is 3.61. The van der Waals surface area contributed by atoms with E-state index in [-0.39, 0.29) is 10.8 Å². The van der Waals surface area contributed by atoms with Gasteiger partial charge in [0, 0.05) is 37.0 Å². The summed E-state index contributed by atoms with van der Waals surface area (Å²) in [4.78, 5) is 11.9. The van der Waals surface area contributed by atoms with Crippen molar-refractivity contribution in [3.05, 3.63) is 17.7 Å². The topological polar surface area (TPSA) is 41.1 Å². The van der Waals surface area contributed by atoms with Gasteiger partial charge >= 0.3 is 0 Å². The fraction of sp³-hybridized carbons (Fsp3) is 0.750. The van der Waals surface area contributed by atoms with Crippen molar-refractivity contribution in [3.8, 4) is 0 Å². The number of rotatable bonds is 1. The first-order valence-corrected chi connectivity index (χ1v) is 7.53. The zero-order valence-electron chi connectivity index (χ0n) is 13.7. The van der Waals surface area contributed by atoms with Crippen LogP contribution in [-0.4, -0.2) is 36.1 Å². The first-order valence-electron chi connectivity index (χ1n) is 7.53. The highest BCUT2D eigenvalue weighted by Gasteiger charge is 2.27. The summed E-state index contributed by atoms with van der Waals surface area (Å²) in [7, 11) is 0. The second kappa shape index (κ2) is 5.32. The van der Waals surface area contributed by atoms with E-state index in [0.717, 1.165) is 32.0 Å². The van der Waals surface area contributed by atoms with Gasteiger partial charge in [0.2, 0.25) is 0 Å². The maximum Gasteiger partial charge on any atom is 0.134 e. The molecule has 1 aromatic heterocycles. The standard InChI is InChI=1S/C16H28N4/c1-15(2,3)13-12(20-9-7-17-8-10-20)11-18-14(19-13)16(4,5)6/h11,17H,7-10H2,1-6H3. The van der Waals surface area contributed by atoms with Gasteiger partial charge in [0.1, 0.15) is 5.82 Å². The molecule has 4 nitrogen and oxygen atoms in total. The quantitative estimate of drug-likeness (QED) is 0.855. The maximum absolute atomic E-state index is 4.92. The molecule has 0 saturated carbocycles. The number of aromatic nitrogens is 2. The lowest BCUT2D eigenvalue weighted by molar-refractivity contribution is 0.507. The number of hydrogen-bond acceptors (Lipinski definition) is 4. The van der Waals surface area contributed by atoms with Crippen LogP contribution in [0.25, 0.3) is 0 Å². The summed E-state index contributed by atoms with van der Waals surface area (Å²) in [6, 6.07) is 0. The molecule has 0 spiro atoms. The smallest absolute Gasteiger partial charge is 0.134 e. The van der Waals surface area contributed by atoms with Crippen LogP contribution in [0.3, 0.4) is 0 Å². The summed E-state index contributed by atoms with van der Waals surface area (Å²) < 4.78 is 0. The lowest BCUT2D eigenvalue weighted by Gasteiger charge is -2.34. The second-order valence-electron chi connectivity index (χ2n) is 7.66. The van der Waals surface area contributed by atoms with E-state index in [2.05, 4.69) is 56.7 Å². The Hall–Kier alpha value is -1.16. The highest BCUT2D eigenvalue weighted by Crippen LogP contribution is 2.32. The van der Waals surface area contributed by atoms with Crippen LogP contribution < -0.4 is 10.2 Å². The van der Waals surface area contributed by atoms with Gasteiger partial charge in [-0.3, -0.25) is 0 Å². The van der Waals surface area contributed by atoms with Crippen molar-refractivity contribution in [2.24, 2.45) is 0 Å². The Morgan fingerprint density at radius 2 is 1.60 bits per heavy atom. The molecule has 1 saturated heterocycles. The number of nitrogens with zero attached hydrogens (tertiary/aromatic N) is 3. The fourth-order valence-electron chi connectivity index (χ4n) is 2.43. The molecule has 1 aromatic rings. The fourth-order valence-corrected chi connectivity index (χ4v) is 2.43. The van der Waals surface area contributed by atoms with Crippen molar-refractivity contribution in [2.75, 3.05) is 31.1 Å². The Labute approximate surface area is 123 Å². The van der Waals surface area contributed by atoms with E-state index in [4.69, 9.17) is 4.98 Å². The molecule has 4 heteroatoms. The monoisotopic (exact) mass is 276 g/mol. The van der Waals surface area contributed by atoms with E-state index in [1.807, 2.05) is 6.20 Å². The van der Waals surface area contributed by atoms with Gasteiger partial charge < -0.3 is 10.2 Å². The predicted octanol–water partition coefficient (Wildman–Crippen LogP) is 2.48. The van der Waals surface area contributed by atoms with E-state index in [9.17, 15) is 0 Å². The molecule has 2 rings (SSSR count). The normalized spacial score (nSPS) is 17.4. The Morgan fingerprint density at radius 1 is 1.00 bits per heavy atom. The third-order valence-corrected chi connectivity index (χ3v) is 3.61. The van der Waals surface area contributed by atoms with Gasteiger partial charge in [0.25, 0.3) is 0 Å². The van der Waals surface area contributed by atoms with Gasteiger partial charge in [-0.15, -0.1) is 0 Å². The van der Waals surface area contributed by atoms with Crippen LogP contribution in [0.2, 0.25) is 0 Å². The molecule has 0 unspecified atom stereocenters. The molecular formula is C16H28N4. The summed E-state index contributed by atoms with van der Waals surface area (Å²) >= 11 is 0. The van der Waals surface area contributed by atoms with E-state index >= 15 is 0 Å². The molecule has 0 bridgehead atoms. The minimum absolute atomic E-state index is 0.0119. The molecule has 0 atom stereocenters. The SMILES string of the molecule is CC(C)(C)c1ncc(N2CCNCC2)c(C(C)(C)C)n1. The largest absolute Gasteiger partial charge is 0.366 e. The number of piperazine rings is 1. The molecule has 112 valence electrons. The van der Waals surface area contributed by atoms with Crippen molar-refractivity contribution in [1.29, 1.82) is 0 Å². The van der Waals surface area contributed by atoms with Crippen molar-refractivity contribution in [1.82, 2.24) is 15.3 Å². The first-order chi connectivity index (χ1) is 9.19. The molecule has 0 aromatic carbocycles. The van der Waals surface area contributed by atoms with Crippen molar-refractivity contribution >= 4 is 5.69 Å². The Bertz CT molecular complexity index is 462. The Balaban J connectivity index is 2.45. The van der Waals surface area contributed by atoms with E-state index in [1.54, 1.807) is 0 Å². The predicted molar refractivity (Wildman–Crippen MR) is 84.5 cm³/mol. The average molecular weight is 276 g/mol. The van der Waals surface area contributed by atoms with Gasteiger partial charge in [-0.05, 0) is 0 Å².